The van der Waals surface area contributed by atoms with Crippen LogP contribution in [0.1, 0.15) is 83.6 Å². The van der Waals surface area contributed by atoms with E-state index in [0.717, 1.165) is 49.7 Å². The number of rotatable bonds is 12. The number of aromatic nitrogens is 2. The summed E-state index contributed by atoms with van der Waals surface area (Å²) in [5.74, 6) is 0.0207. The normalized spacial score (nSPS) is 14.7. The molecule has 1 unspecified atom stereocenters. The molecule has 1 aliphatic heterocycles. The Morgan fingerprint density at radius 3 is 2.33 bits per heavy atom. The number of carbonyl (C=O) groups excluding carboxylic acids is 1. The Kier molecular flexibility index (Phi) is 10.9. The molecule has 2 heterocycles. The zero-order valence-electron chi connectivity index (χ0n) is 26.8. The summed E-state index contributed by atoms with van der Waals surface area (Å²) in [5, 5.41) is 14.3. The van der Waals surface area contributed by atoms with E-state index < -0.39 is 29.5 Å². The van der Waals surface area contributed by atoms with Gasteiger partial charge in [-0.05, 0) is 88.8 Å². The second kappa shape index (κ2) is 14.6. The third-order valence-electron chi connectivity index (χ3n) is 7.56. The molecular weight excluding hydrogens is 583 g/mol. The molecule has 12 heteroatoms. The first-order valence-electron chi connectivity index (χ1n) is 15.3. The fraction of sp³-hybridized carbons (Fsp3) is 0.515. The maximum Gasteiger partial charge on any atom is 0.415 e. The largest absolute Gasteiger partial charge is 0.497 e. The van der Waals surface area contributed by atoms with Crippen LogP contribution in [-0.4, -0.2) is 59.7 Å². The van der Waals surface area contributed by atoms with E-state index in [4.69, 9.17) is 18.7 Å². The van der Waals surface area contributed by atoms with Crippen LogP contribution in [0.15, 0.2) is 47.0 Å². The van der Waals surface area contributed by atoms with Gasteiger partial charge in [0.2, 0.25) is 0 Å². The van der Waals surface area contributed by atoms with Gasteiger partial charge in [-0.1, -0.05) is 19.0 Å². The molecule has 45 heavy (non-hydrogen) atoms. The number of hydrogen-bond donors (Lipinski definition) is 1. The van der Waals surface area contributed by atoms with Gasteiger partial charge < -0.3 is 28.7 Å². The number of carboxylic acids is 1. The first kappa shape index (κ1) is 33.5. The number of carbonyl (C=O) groups is 2. The molecular formula is C33H43FN4O7. The van der Waals surface area contributed by atoms with Gasteiger partial charge >= 0.3 is 18.1 Å². The van der Waals surface area contributed by atoms with Crippen LogP contribution in [0.3, 0.4) is 0 Å². The topological polar surface area (TPSA) is 127 Å². The number of amides is 1. The average molecular weight is 627 g/mol. The number of ether oxygens (including phenoxy) is 3. The molecule has 1 aromatic heterocycles. The maximum atomic E-state index is 15.5. The molecule has 1 aliphatic rings. The Labute approximate surface area is 263 Å². The van der Waals surface area contributed by atoms with Crippen LogP contribution >= 0.6 is 0 Å². The molecule has 1 N–H and O–H groups in total. The van der Waals surface area contributed by atoms with E-state index in [1.165, 1.54) is 31.4 Å². The van der Waals surface area contributed by atoms with Crippen molar-refractivity contribution in [1.82, 2.24) is 10.1 Å². The number of anilines is 2. The summed E-state index contributed by atoms with van der Waals surface area (Å²) in [5.41, 5.74) is -0.908. The van der Waals surface area contributed by atoms with Crippen molar-refractivity contribution in [3.63, 3.8) is 0 Å². The van der Waals surface area contributed by atoms with E-state index in [1.807, 2.05) is 13.8 Å². The first-order chi connectivity index (χ1) is 21.4. The van der Waals surface area contributed by atoms with Crippen LogP contribution < -0.4 is 19.3 Å². The molecule has 11 nitrogen and oxygen atoms in total. The maximum absolute atomic E-state index is 15.5. The number of piperidine rings is 1. The van der Waals surface area contributed by atoms with Crippen LogP contribution in [0.4, 0.5) is 20.9 Å². The molecule has 0 bridgehead atoms. The van der Waals surface area contributed by atoms with E-state index in [9.17, 15) is 14.7 Å². The van der Waals surface area contributed by atoms with Gasteiger partial charge in [0, 0.05) is 36.3 Å². The van der Waals surface area contributed by atoms with Gasteiger partial charge in [0.1, 0.15) is 22.9 Å². The van der Waals surface area contributed by atoms with E-state index >= 15 is 4.39 Å². The molecule has 244 valence electrons. The molecule has 1 atom stereocenters. The number of nitrogens with zero attached hydrogens (tertiary/aromatic N) is 4. The van der Waals surface area contributed by atoms with Gasteiger partial charge in [0.05, 0.1) is 13.7 Å². The van der Waals surface area contributed by atoms with Crippen molar-refractivity contribution in [1.29, 1.82) is 0 Å². The lowest BCUT2D eigenvalue weighted by Gasteiger charge is -2.32. The molecule has 0 saturated carbocycles. The molecule has 0 radical (unpaired) electrons. The smallest absolute Gasteiger partial charge is 0.415 e. The second-order valence-corrected chi connectivity index (χ2v) is 12.5. The Balaban J connectivity index is 1.37. The van der Waals surface area contributed by atoms with Gasteiger partial charge in [0.25, 0.3) is 0 Å². The summed E-state index contributed by atoms with van der Waals surface area (Å²) in [4.78, 5) is 33.4. The predicted octanol–water partition coefficient (Wildman–Crippen LogP) is 6.98. The summed E-state index contributed by atoms with van der Waals surface area (Å²) >= 11 is 0. The highest BCUT2D eigenvalue weighted by atomic mass is 19.1. The van der Waals surface area contributed by atoms with E-state index in [-0.39, 0.29) is 22.9 Å². The third kappa shape index (κ3) is 8.86. The van der Waals surface area contributed by atoms with E-state index in [2.05, 4.69) is 15.0 Å². The molecule has 1 fully saturated rings. The minimum absolute atomic E-state index is 0.204. The Morgan fingerprint density at radius 2 is 1.78 bits per heavy atom. The lowest BCUT2D eigenvalue weighted by molar-refractivity contribution is -0.138. The van der Waals surface area contributed by atoms with Crippen molar-refractivity contribution in [2.45, 2.75) is 77.9 Å². The molecule has 1 amide bonds. The van der Waals surface area contributed by atoms with Crippen molar-refractivity contribution >= 4 is 23.8 Å². The van der Waals surface area contributed by atoms with Crippen molar-refractivity contribution in [3.05, 3.63) is 59.7 Å². The highest BCUT2D eigenvalue weighted by Crippen LogP contribution is 2.34. The predicted molar refractivity (Wildman–Crippen MR) is 167 cm³/mol. The van der Waals surface area contributed by atoms with Gasteiger partial charge in [-0.25, -0.2) is 14.0 Å². The van der Waals surface area contributed by atoms with Gasteiger partial charge in [-0.15, -0.1) is 0 Å². The summed E-state index contributed by atoms with van der Waals surface area (Å²) in [6.07, 6.45) is 2.82. The van der Waals surface area contributed by atoms with Crippen molar-refractivity contribution in [3.8, 4) is 11.5 Å². The lowest BCUT2D eigenvalue weighted by atomic mass is 9.92. The standard InChI is InChI=1S/C33H43FN4O7/c1-21(2)29-35-31(45-36-29)37-17-15-22(16-18-37)8-7-19-43-25-13-14-26(27(34)20-25)28(30(39)40)38(32(41)44-33(3,4)5)23-9-11-24(42-6)12-10-23/h9-14,20-22,28H,7-8,15-19H2,1-6H3,(H,39,40). The molecule has 0 aliphatic carbocycles. The quantitative estimate of drug-likeness (QED) is 0.210. The van der Waals surface area contributed by atoms with E-state index in [0.29, 0.717) is 30.1 Å². The van der Waals surface area contributed by atoms with Gasteiger partial charge in [-0.2, -0.15) is 4.98 Å². The summed E-state index contributed by atoms with van der Waals surface area (Å²) in [6, 6.07) is 9.09. The monoisotopic (exact) mass is 626 g/mol. The zero-order chi connectivity index (χ0) is 32.7. The molecule has 1 saturated heterocycles. The second-order valence-electron chi connectivity index (χ2n) is 12.5. The lowest BCUT2D eigenvalue weighted by Crippen LogP contribution is -2.42. The fourth-order valence-corrected chi connectivity index (χ4v) is 5.18. The summed E-state index contributed by atoms with van der Waals surface area (Å²) < 4.78 is 37.5. The minimum Gasteiger partial charge on any atom is -0.497 e. The summed E-state index contributed by atoms with van der Waals surface area (Å²) in [6.45, 7) is 11.1. The average Bonchev–Trinajstić information content (AvgIpc) is 3.49. The Hall–Kier alpha value is -4.35. The highest BCUT2D eigenvalue weighted by molar-refractivity contribution is 5.96. The number of aliphatic carboxylic acids is 1. The summed E-state index contributed by atoms with van der Waals surface area (Å²) in [7, 11) is 1.49. The minimum atomic E-state index is -1.70. The number of methoxy groups -OCH3 is 1. The van der Waals surface area contributed by atoms with Gasteiger partial charge in [-0.3, -0.25) is 4.90 Å². The number of carboxylic acid groups (broad SMARTS) is 1. The van der Waals surface area contributed by atoms with Crippen LogP contribution in [0.2, 0.25) is 0 Å². The highest BCUT2D eigenvalue weighted by Gasteiger charge is 2.37. The van der Waals surface area contributed by atoms with E-state index in [1.54, 1.807) is 32.9 Å². The van der Waals surface area contributed by atoms with Crippen LogP contribution in [-0.2, 0) is 9.53 Å². The molecule has 3 aromatic rings. The zero-order valence-corrected chi connectivity index (χ0v) is 26.8. The SMILES string of the molecule is COc1ccc(N(C(=O)OC(C)(C)C)C(C(=O)O)c2ccc(OCCCC3CCN(c4nc(C(C)C)no4)CC3)cc2F)cc1. The Morgan fingerprint density at radius 1 is 1.11 bits per heavy atom. The number of benzene rings is 2. The molecule has 2 aromatic carbocycles. The van der Waals surface area contributed by atoms with Crippen LogP contribution in [0, 0.1) is 11.7 Å². The van der Waals surface area contributed by atoms with Crippen molar-refractivity contribution in [2.75, 3.05) is 36.6 Å². The number of hydrogen-bond acceptors (Lipinski definition) is 9. The third-order valence-corrected chi connectivity index (χ3v) is 7.56. The molecule has 0 spiro atoms. The van der Waals surface area contributed by atoms with Gasteiger partial charge in [0.15, 0.2) is 11.9 Å². The van der Waals surface area contributed by atoms with Crippen molar-refractivity contribution in [2.24, 2.45) is 5.92 Å². The van der Waals surface area contributed by atoms with Crippen LogP contribution in [0.25, 0.3) is 0 Å². The Bertz CT molecular complexity index is 1430. The van der Waals surface area contributed by atoms with Crippen LogP contribution in [0.5, 0.6) is 11.5 Å². The molecule has 4 rings (SSSR count). The van der Waals surface area contributed by atoms with Crippen molar-refractivity contribution < 1.29 is 37.8 Å². The first-order valence-corrected chi connectivity index (χ1v) is 15.3. The fourth-order valence-electron chi connectivity index (χ4n) is 5.18. The number of halogens is 1.